The van der Waals surface area contributed by atoms with E-state index in [1.165, 1.54) is 0 Å². The molecule has 0 heterocycles. The Morgan fingerprint density at radius 3 is 2.60 bits per heavy atom. The van der Waals surface area contributed by atoms with Gasteiger partial charge in [0.15, 0.2) is 0 Å². The summed E-state index contributed by atoms with van der Waals surface area (Å²) in [5, 5.41) is 10.3. The molecule has 1 aromatic rings. The minimum absolute atomic E-state index is 0.100. The van der Waals surface area contributed by atoms with Crippen LogP contribution in [-0.4, -0.2) is 29.0 Å². The summed E-state index contributed by atoms with van der Waals surface area (Å²) < 4.78 is 0. The predicted octanol–water partition coefficient (Wildman–Crippen LogP) is 3.09. The van der Waals surface area contributed by atoms with Crippen LogP contribution in [0.3, 0.4) is 0 Å². The summed E-state index contributed by atoms with van der Waals surface area (Å²) in [6.45, 7) is 5.48. The van der Waals surface area contributed by atoms with Gasteiger partial charge in [-0.15, -0.1) is 6.58 Å². The molecule has 108 valence electrons. The largest absolute Gasteiger partial charge is 0.386 e. The number of carbonyl (C=O) groups is 1. The Hall–Kier alpha value is -1.87. The Balaban J connectivity index is 2.61. The Morgan fingerprint density at radius 2 is 2.00 bits per heavy atom. The molecule has 1 N–H and O–H groups in total. The molecule has 0 aromatic heterocycles. The second kappa shape index (κ2) is 8.33. The molecule has 0 radical (unpaired) electrons. The predicted molar refractivity (Wildman–Crippen MR) is 82.2 cm³/mol. The van der Waals surface area contributed by atoms with E-state index in [0.717, 1.165) is 18.4 Å². The summed E-state index contributed by atoms with van der Waals surface area (Å²) in [5.74, 6) is -0.100. The lowest BCUT2D eigenvalue weighted by atomic mass is 10.0. The van der Waals surface area contributed by atoms with E-state index in [1.807, 2.05) is 49.4 Å². The van der Waals surface area contributed by atoms with Crippen LogP contribution in [0.5, 0.6) is 0 Å². The summed E-state index contributed by atoms with van der Waals surface area (Å²) in [5.41, 5.74) is 0.815. The number of aliphatic hydroxyl groups excluding tert-OH is 1. The molecule has 20 heavy (non-hydrogen) atoms. The van der Waals surface area contributed by atoms with Gasteiger partial charge >= 0.3 is 0 Å². The van der Waals surface area contributed by atoms with E-state index in [2.05, 4.69) is 6.58 Å². The van der Waals surface area contributed by atoms with E-state index in [-0.39, 0.29) is 11.9 Å². The van der Waals surface area contributed by atoms with Crippen molar-refractivity contribution in [3.63, 3.8) is 0 Å². The van der Waals surface area contributed by atoms with Crippen molar-refractivity contribution in [2.45, 2.75) is 31.9 Å². The van der Waals surface area contributed by atoms with Gasteiger partial charge in [-0.1, -0.05) is 42.5 Å². The first-order valence-electron chi connectivity index (χ1n) is 6.85. The van der Waals surface area contributed by atoms with Gasteiger partial charge in [0.05, 0.1) is 12.1 Å². The average molecular weight is 273 g/mol. The molecule has 0 saturated heterocycles. The SMILES string of the molecule is C=CCC/C=C/C(=O)N(C)[C@@H](C)[C@H](O)c1ccccc1. The first-order valence-corrected chi connectivity index (χ1v) is 6.85. The molecule has 3 nitrogen and oxygen atoms in total. The molecule has 0 spiro atoms. The molecule has 0 aliphatic heterocycles. The molecule has 0 fully saturated rings. The van der Waals surface area contributed by atoms with E-state index >= 15 is 0 Å². The lowest BCUT2D eigenvalue weighted by molar-refractivity contribution is -0.128. The molecular formula is C17H23NO2. The van der Waals surface area contributed by atoms with Crippen LogP contribution < -0.4 is 0 Å². The van der Waals surface area contributed by atoms with E-state index in [1.54, 1.807) is 18.0 Å². The fourth-order valence-corrected chi connectivity index (χ4v) is 1.86. The number of unbranched alkanes of at least 4 members (excludes halogenated alkanes) is 1. The van der Waals surface area contributed by atoms with Crippen molar-refractivity contribution in [3.05, 3.63) is 60.7 Å². The first kappa shape index (κ1) is 16.2. The van der Waals surface area contributed by atoms with Crippen LogP contribution in [0.2, 0.25) is 0 Å². The van der Waals surface area contributed by atoms with Crippen LogP contribution in [-0.2, 0) is 4.79 Å². The summed E-state index contributed by atoms with van der Waals surface area (Å²) in [4.78, 5) is 13.5. The first-order chi connectivity index (χ1) is 9.57. The topological polar surface area (TPSA) is 40.5 Å². The molecule has 2 atom stereocenters. The van der Waals surface area contributed by atoms with E-state index in [4.69, 9.17) is 0 Å². The highest BCUT2D eigenvalue weighted by molar-refractivity contribution is 5.87. The zero-order chi connectivity index (χ0) is 15.0. The second-order valence-corrected chi connectivity index (χ2v) is 4.81. The molecule has 3 heteroatoms. The van der Waals surface area contributed by atoms with Crippen molar-refractivity contribution in [2.75, 3.05) is 7.05 Å². The zero-order valence-corrected chi connectivity index (χ0v) is 12.2. The highest BCUT2D eigenvalue weighted by Gasteiger charge is 2.22. The van der Waals surface area contributed by atoms with Crippen molar-refractivity contribution < 1.29 is 9.90 Å². The Morgan fingerprint density at radius 1 is 1.35 bits per heavy atom. The normalized spacial score (nSPS) is 13.9. The van der Waals surface area contributed by atoms with Gasteiger partial charge in [-0.05, 0) is 31.4 Å². The third kappa shape index (κ3) is 4.67. The third-order valence-corrected chi connectivity index (χ3v) is 3.35. The van der Waals surface area contributed by atoms with Crippen LogP contribution in [0.25, 0.3) is 0 Å². The van der Waals surface area contributed by atoms with Crippen LogP contribution in [0.1, 0.15) is 31.4 Å². The Bertz CT molecular complexity index is 453. The maximum Gasteiger partial charge on any atom is 0.246 e. The van der Waals surface area contributed by atoms with Crippen LogP contribution in [0.4, 0.5) is 0 Å². The third-order valence-electron chi connectivity index (χ3n) is 3.35. The van der Waals surface area contributed by atoms with Gasteiger partial charge in [0.2, 0.25) is 5.91 Å². The second-order valence-electron chi connectivity index (χ2n) is 4.81. The van der Waals surface area contributed by atoms with Crippen LogP contribution >= 0.6 is 0 Å². The van der Waals surface area contributed by atoms with E-state index < -0.39 is 6.10 Å². The summed E-state index contributed by atoms with van der Waals surface area (Å²) in [6.07, 6.45) is 6.18. The highest BCUT2D eigenvalue weighted by atomic mass is 16.3. The van der Waals surface area contributed by atoms with Gasteiger partial charge in [-0.3, -0.25) is 4.79 Å². The van der Waals surface area contributed by atoms with Crippen molar-refractivity contribution in [1.82, 2.24) is 4.90 Å². The van der Waals surface area contributed by atoms with Gasteiger partial charge in [-0.25, -0.2) is 0 Å². The maximum absolute atomic E-state index is 12.0. The smallest absolute Gasteiger partial charge is 0.246 e. The maximum atomic E-state index is 12.0. The number of rotatable bonds is 7. The minimum Gasteiger partial charge on any atom is -0.386 e. The number of nitrogens with zero attached hydrogens (tertiary/aromatic N) is 1. The minimum atomic E-state index is -0.688. The molecule has 1 rings (SSSR count). The molecular weight excluding hydrogens is 250 g/mol. The number of benzene rings is 1. The number of carbonyl (C=O) groups excluding carboxylic acids is 1. The van der Waals surface area contributed by atoms with Gasteiger partial charge in [0.25, 0.3) is 0 Å². The molecule has 0 unspecified atom stereocenters. The highest BCUT2D eigenvalue weighted by Crippen LogP contribution is 2.19. The lowest BCUT2D eigenvalue weighted by Crippen LogP contribution is -2.38. The number of amides is 1. The van der Waals surface area contributed by atoms with Gasteiger partial charge in [-0.2, -0.15) is 0 Å². The number of allylic oxidation sites excluding steroid dienone is 2. The summed E-state index contributed by atoms with van der Waals surface area (Å²) in [6, 6.07) is 9.09. The molecule has 1 amide bonds. The summed E-state index contributed by atoms with van der Waals surface area (Å²) in [7, 11) is 1.71. The van der Waals surface area contributed by atoms with Gasteiger partial charge in [0.1, 0.15) is 0 Å². The Labute approximate surface area is 121 Å². The number of hydrogen-bond donors (Lipinski definition) is 1. The summed E-state index contributed by atoms with van der Waals surface area (Å²) >= 11 is 0. The molecule has 0 saturated carbocycles. The number of likely N-dealkylation sites (N-methyl/N-ethyl adjacent to an activating group) is 1. The number of aliphatic hydroxyl groups is 1. The lowest BCUT2D eigenvalue weighted by Gasteiger charge is -2.28. The standard InChI is InChI=1S/C17H23NO2/c1-4-5-6-10-13-16(19)18(3)14(2)17(20)15-11-8-7-9-12-15/h4,7-14,17,20H,1,5-6H2,2-3H3/b13-10+/t14-,17-/m0/s1. The van der Waals surface area contributed by atoms with E-state index in [9.17, 15) is 9.90 Å². The number of hydrogen-bond acceptors (Lipinski definition) is 2. The van der Waals surface area contributed by atoms with Crippen molar-refractivity contribution in [3.8, 4) is 0 Å². The molecule has 0 aliphatic rings. The van der Waals surface area contributed by atoms with Crippen LogP contribution in [0.15, 0.2) is 55.1 Å². The van der Waals surface area contributed by atoms with Crippen molar-refractivity contribution in [2.24, 2.45) is 0 Å². The quantitative estimate of drug-likeness (QED) is 0.471. The average Bonchev–Trinajstić information content (AvgIpc) is 2.50. The van der Waals surface area contributed by atoms with Gasteiger partial charge < -0.3 is 10.0 Å². The Kier molecular flexibility index (Phi) is 6.74. The van der Waals surface area contributed by atoms with Crippen molar-refractivity contribution in [1.29, 1.82) is 0 Å². The zero-order valence-electron chi connectivity index (χ0n) is 12.2. The van der Waals surface area contributed by atoms with Crippen molar-refractivity contribution >= 4 is 5.91 Å². The molecule has 0 aliphatic carbocycles. The monoisotopic (exact) mass is 273 g/mol. The molecule has 1 aromatic carbocycles. The van der Waals surface area contributed by atoms with Gasteiger partial charge in [0, 0.05) is 7.05 Å². The van der Waals surface area contributed by atoms with Crippen LogP contribution in [0, 0.1) is 0 Å². The fraction of sp³-hybridized carbons (Fsp3) is 0.353. The molecule has 0 bridgehead atoms. The van der Waals surface area contributed by atoms with E-state index in [0.29, 0.717) is 0 Å². The fourth-order valence-electron chi connectivity index (χ4n) is 1.86.